The van der Waals surface area contributed by atoms with E-state index in [1.165, 1.54) is 26.0 Å². The molecule has 2 heterocycles. The molecule has 3 amide bonds. The summed E-state index contributed by atoms with van der Waals surface area (Å²) >= 11 is 1.62. The molecule has 0 saturated carbocycles. The fraction of sp³-hybridized carbons (Fsp3) is 0.568. The van der Waals surface area contributed by atoms with Crippen LogP contribution in [0.15, 0.2) is 57.2 Å². The number of unbranched alkanes of at least 4 members (excludes halogenated alkanes) is 4. The number of cyclic esters (lactones) is 1. The maximum Gasteiger partial charge on any atom is 0.418 e. The van der Waals surface area contributed by atoms with Crippen LogP contribution >= 0.6 is 11.8 Å². The minimum atomic E-state index is -4.25. The van der Waals surface area contributed by atoms with Crippen LogP contribution < -0.4 is 5.32 Å². The number of amides is 3. The summed E-state index contributed by atoms with van der Waals surface area (Å²) in [6, 6.07) is 10.3. The van der Waals surface area contributed by atoms with Crippen molar-refractivity contribution in [2.45, 2.75) is 120 Å². The molecule has 274 valence electrons. The maximum absolute atomic E-state index is 14.6. The third kappa shape index (κ3) is 9.08. The summed E-state index contributed by atoms with van der Waals surface area (Å²) in [7, 11) is -4.25. The van der Waals surface area contributed by atoms with E-state index in [1.54, 1.807) is 23.9 Å². The first-order chi connectivity index (χ1) is 23.6. The topological polar surface area (TPSA) is 135 Å². The third-order valence-corrected chi connectivity index (χ3v) is 11.6. The van der Waals surface area contributed by atoms with Crippen LogP contribution in [0, 0.1) is 0 Å². The number of sulfonamides is 1. The fourth-order valence-electron chi connectivity index (χ4n) is 5.66. The molecule has 2 aliphatic heterocycles. The number of aliphatic imine (C=N–C) groups is 1. The van der Waals surface area contributed by atoms with Gasteiger partial charge in [0.2, 0.25) is 0 Å². The van der Waals surface area contributed by atoms with Gasteiger partial charge >= 0.3 is 6.09 Å². The lowest BCUT2D eigenvalue weighted by atomic mass is 9.87. The fourth-order valence-corrected chi connectivity index (χ4v) is 8.34. The van der Waals surface area contributed by atoms with Gasteiger partial charge in [-0.2, -0.15) is 0 Å². The Kier molecular flexibility index (Phi) is 13.2. The second-order valence-corrected chi connectivity index (χ2v) is 17.1. The molecule has 13 heteroatoms. The minimum absolute atomic E-state index is 0.0370. The molecule has 0 radical (unpaired) electrons. The molecular weight excluding hydrogens is 677 g/mol. The molecule has 2 aliphatic rings. The summed E-state index contributed by atoms with van der Waals surface area (Å²) in [6.07, 6.45) is 5.41. The van der Waals surface area contributed by atoms with E-state index in [2.05, 4.69) is 51.0 Å². The second-order valence-electron chi connectivity index (χ2n) is 14.1. The summed E-state index contributed by atoms with van der Waals surface area (Å²) in [5.41, 5.74) is -0.0573. The average Bonchev–Trinajstić information content (AvgIpc) is 3.25. The number of imide groups is 1. The van der Waals surface area contributed by atoms with Crippen molar-refractivity contribution in [3.8, 4) is 0 Å². The summed E-state index contributed by atoms with van der Waals surface area (Å²) in [4.78, 5) is 48.0. The zero-order valence-corrected chi connectivity index (χ0v) is 32.0. The minimum Gasteiger partial charge on any atom is -0.433 e. The Morgan fingerprint density at radius 3 is 2.36 bits per heavy atom. The van der Waals surface area contributed by atoms with Gasteiger partial charge in [0.05, 0.1) is 11.4 Å². The van der Waals surface area contributed by atoms with Gasteiger partial charge in [-0.15, -0.1) is 11.8 Å². The van der Waals surface area contributed by atoms with E-state index in [1.807, 2.05) is 12.1 Å². The number of hydrogen-bond donors (Lipinski definition) is 1. The first kappa shape index (κ1) is 39.4. The van der Waals surface area contributed by atoms with Gasteiger partial charge in [-0.1, -0.05) is 78.5 Å². The van der Waals surface area contributed by atoms with Gasteiger partial charge < -0.3 is 14.8 Å². The molecule has 1 saturated heterocycles. The Morgan fingerprint density at radius 1 is 1.00 bits per heavy atom. The van der Waals surface area contributed by atoms with Crippen molar-refractivity contribution in [2.75, 3.05) is 30.8 Å². The van der Waals surface area contributed by atoms with Crippen LogP contribution in [0.5, 0.6) is 0 Å². The standard InChI is InChI=1S/C37H52N4O7S2/c1-8-10-12-15-24-49-29-25-26(36(3,4)5)19-20-27(29)39-33(42)31(41-34(43)37(6,7)48-35(41)44)32-38-28-17-13-14-18-30(28)50(45,46)40(32)21-16-23-47-22-11-9-2/h13-14,17-20,25,31H,8-12,15-16,21-24H2,1-7H3,(H,39,42). The summed E-state index contributed by atoms with van der Waals surface area (Å²) in [6.45, 7) is 14.1. The predicted molar refractivity (Wildman–Crippen MR) is 198 cm³/mol. The van der Waals surface area contributed by atoms with Crippen molar-refractivity contribution in [3.05, 3.63) is 48.0 Å². The SMILES string of the molecule is CCCCCCSc1cc(C(C)(C)C)ccc1NC(=O)C(C1=Nc2ccccc2S(=O)(=O)N1CCCOCCCC)N1C(=O)OC(C)(C)C1=O. The Balaban J connectivity index is 1.79. The number of ether oxygens (including phenoxy) is 2. The normalized spacial score (nSPS) is 17.3. The smallest absolute Gasteiger partial charge is 0.418 e. The molecule has 2 aromatic carbocycles. The zero-order valence-electron chi connectivity index (χ0n) is 30.4. The van der Waals surface area contributed by atoms with Gasteiger partial charge in [0.15, 0.2) is 17.5 Å². The average molecular weight is 729 g/mol. The van der Waals surface area contributed by atoms with Crippen LogP contribution in [-0.4, -0.2) is 78.5 Å². The van der Waals surface area contributed by atoms with Gasteiger partial charge in [-0.25, -0.2) is 23.1 Å². The van der Waals surface area contributed by atoms with Gasteiger partial charge in [-0.05, 0) is 74.1 Å². The van der Waals surface area contributed by atoms with E-state index in [0.29, 0.717) is 17.2 Å². The number of nitrogens with one attached hydrogen (secondary N) is 1. The molecule has 4 rings (SSSR count). The molecule has 1 atom stereocenters. The van der Waals surface area contributed by atoms with Crippen LogP contribution in [-0.2, 0) is 34.5 Å². The van der Waals surface area contributed by atoms with Crippen molar-refractivity contribution >= 4 is 56.9 Å². The maximum atomic E-state index is 14.6. The number of nitrogens with zero attached hydrogens (tertiary/aromatic N) is 3. The van der Waals surface area contributed by atoms with Gasteiger partial charge in [0, 0.05) is 24.7 Å². The van der Waals surface area contributed by atoms with Gasteiger partial charge in [0.1, 0.15) is 4.90 Å². The molecule has 2 aromatic rings. The number of fused-ring (bicyclic) bond motifs is 1. The van der Waals surface area contributed by atoms with E-state index in [9.17, 15) is 22.8 Å². The lowest BCUT2D eigenvalue weighted by Gasteiger charge is -2.35. The molecule has 50 heavy (non-hydrogen) atoms. The van der Waals surface area contributed by atoms with Gasteiger partial charge in [0.25, 0.3) is 21.8 Å². The number of benzene rings is 2. The molecule has 0 aliphatic carbocycles. The second kappa shape index (κ2) is 16.7. The summed E-state index contributed by atoms with van der Waals surface area (Å²) in [5, 5.41) is 2.96. The van der Waals surface area contributed by atoms with Crippen molar-refractivity contribution < 1.29 is 32.3 Å². The molecule has 0 aromatic heterocycles. The molecule has 11 nitrogen and oxygen atoms in total. The Hall–Kier alpha value is -3.42. The van der Waals surface area contributed by atoms with Crippen molar-refractivity contribution in [3.63, 3.8) is 0 Å². The molecule has 0 bridgehead atoms. The number of para-hydroxylation sites is 1. The van der Waals surface area contributed by atoms with E-state index in [0.717, 1.165) is 59.0 Å². The molecule has 0 spiro atoms. The van der Waals surface area contributed by atoms with Crippen LogP contribution in [0.3, 0.4) is 0 Å². The number of thioether (sulfide) groups is 1. The Morgan fingerprint density at radius 2 is 1.70 bits per heavy atom. The largest absolute Gasteiger partial charge is 0.433 e. The first-order valence-corrected chi connectivity index (χ1v) is 20.0. The van der Waals surface area contributed by atoms with E-state index < -0.39 is 39.6 Å². The number of amidine groups is 1. The van der Waals surface area contributed by atoms with Crippen LogP contribution in [0.2, 0.25) is 0 Å². The van der Waals surface area contributed by atoms with Crippen LogP contribution in [0.4, 0.5) is 16.2 Å². The molecular formula is C37H52N4O7S2. The van der Waals surface area contributed by atoms with E-state index >= 15 is 0 Å². The number of hydrogen-bond acceptors (Lipinski definition) is 9. The Bertz CT molecular complexity index is 1680. The number of anilines is 1. The highest BCUT2D eigenvalue weighted by Crippen LogP contribution is 2.37. The highest BCUT2D eigenvalue weighted by atomic mass is 32.2. The highest BCUT2D eigenvalue weighted by Gasteiger charge is 2.55. The van der Waals surface area contributed by atoms with Gasteiger partial charge in [-0.3, -0.25) is 13.9 Å². The first-order valence-electron chi connectivity index (χ1n) is 17.6. The third-order valence-electron chi connectivity index (χ3n) is 8.60. The molecule has 1 N–H and O–H groups in total. The highest BCUT2D eigenvalue weighted by molar-refractivity contribution is 7.99. The van der Waals surface area contributed by atoms with Crippen molar-refractivity contribution in [1.82, 2.24) is 9.21 Å². The summed E-state index contributed by atoms with van der Waals surface area (Å²) < 4.78 is 40.5. The quantitative estimate of drug-likeness (QED) is 0.130. The van der Waals surface area contributed by atoms with Crippen LogP contribution in [0.25, 0.3) is 0 Å². The monoisotopic (exact) mass is 728 g/mol. The van der Waals surface area contributed by atoms with E-state index in [-0.39, 0.29) is 41.4 Å². The summed E-state index contributed by atoms with van der Waals surface area (Å²) in [5.74, 6) is -1.00. The lowest BCUT2D eigenvalue weighted by Crippen LogP contribution is -2.59. The van der Waals surface area contributed by atoms with Crippen molar-refractivity contribution in [2.24, 2.45) is 4.99 Å². The zero-order chi connectivity index (χ0) is 36.7. The van der Waals surface area contributed by atoms with Crippen molar-refractivity contribution in [1.29, 1.82) is 0 Å². The molecule has 1 fully saturated rings. The Labute approximate surface area is 301 Å². The molecule has 1 unspecified atom stereocenters. The number of carbonyl (C=O) groups excluding carboxylic acids is 3. The lowest BCUT2D eigenvalue weighted by molar-refractivity contribution is -0.137. The number of rotatable bonds is 17. The number of carbonyl (C=O) groups is 3. The van der Waals surface area contributed by atoms with Crippen LogP contribution in [0.1, 0.15) is 99.0 Å². The van der Waals surface area contributed by atoms with E-state index in [4.69, 9.17) is 9.47 Å². The predicted octanol–water partition coefficient (Wildman–Crippen LogP) is 7.66.